The number of aromatic nitrogens is 2. The molecule has 1 aliphatic heterocycles. The lowest BCUT2D eigenvalue weighted by molar-refractivity contribution is 0.189. The van der Waals surface area contributed by atoms with Gasteiger partial charge in [-0.15, -0.1) is 0 Å². The molecule has 0 amide bonds. The molecule has 1 fully saturated rings. The van der Waals surface area contributed by atoms with Gasteiger partial charge in [0.25, 0.3) is 5.89 Å². The minimum absolute atomic E-state index is 0.127. The van der Waals surface area contributed by atoms with Gasteiger partial charge in [-0.1, -0.05) is 32.7 Å². The second kappa shape index (κ2) is 6.95. The molecule has 1 saturated heterocycles. The first-order chi connectivity index (χ1) is 10.6. The predicted molar refractivity (Wildman–Crippen MR) is 86.0 cm³/mol. The Morgan fingerprint density at radius 3 is 3.18 bits per heavy atom. The highest BCUT2D eigenvalue weighted by molar-refractivity contribution is 9.10. The van der Waals surface area contributed by atoms with E-state index < -0.39 is 0 Å². The zero-order valence-corrected chi connectivity index (χ0v) is 14.4. The zero-order chi connectivity index (χ0) is 15.5. The molecule has 0 bridgehead atoms. The minimum atomic E-state index is 0.127. The summed E-state index contributed by atoms with van der Waals surface area (Å²) < 4.78 is 11.8. The molecule has 6 nitrogen and oxygen atoms in total. The fraction of sp³-hybridized carbons (Fsp3) is 0.429. The largest absolute Gasteiger partial charge is 0.482 e. The summed E-state index contributed by atoms with van der Waals surface area (Å²) in [5.41, 5.74) is 0. The maximum atomic E-state index is 6.11. The standard InChI is InChI=1S/C14H16BrClN4O2/c1-20-5-4-17-7-11(20)14-18-13(22-19-14)8-21-12-3-2-9(15)6-10(12)16/h2-3,6,11,17H,4-5,7-8H2,1H3. The molecule has 118 valence electrons. The monoisotopic (exact) mass is 386 g/mol. The van der Waals surface area contributed by atoms with Gasteiger partial charge in [-0.25, -0.2) is 0 Å². The van der Waals surface area contributed by atoms with Crippen LogP contribution in [0, 0.1) is 0 Å². The molecule has 1 atom stereocenters. The molecule has 1 unspecified atom stereocenters. The van der Waals surface area contributed by atoms with E-state index in [1.807, 2.05) is 6.07 Å². The number of nitrogens with zero attached hydrogens (tertiary/aromatic N) is 3. The Morgan fingerprint density at radius 1 is 1.55 bits per heavy atom. The average molecular weight is 388 g/mol. The summed E-state index contributed by atoms with van der Waals surface area (Å²) in [6.45, 7) is 2.94. The Balaban J connectivity index is 1.64. The van der Waals surface area contributed by atoms with Crippen molar-refractivity contribution in [1.29, 1.82) is 0 Å². The summed E-state index contributed by atoms with van der Waals surface area (Å²) in [7, 11) is 2.06. The molecule has 22 heavy (non-hydrogen) atoms. The Bertz CT molecular complexity index is 652. The van der Waals surface area contributed by atoms with Gasteiger partial charge < -0.3 is 14.6 Å². The van der Waals surface area contributed by atoms with Crippen molar-refractivity contribution < 1.29 is 9.26 Å². The zero-order valence-electron chi connectivity index (χ0n) is 12.1. The van der Waals surface area contributed by atoms with Crippen molar-refractivity contribution in [2.45, 2.75) is 12.6 Å². The summed E-state index contributed by atoms with van der Waals surface area (Å²) in [4.78, 5) is 6.62. The van der Waals surface area contributed by atoms with E-state index in [4.69, 9.17) is 20.9 Å². The van der Waals surface area contributed by atoms with Gasteiger partial charge in [0.05, 0.1) is 11.1 Å². The molecule has 2 heterocycles. The van der Waals surface area contributed by atoms with Gasteiger partial charge in [0.2, 0.25) is 0 Å². The third-order valence-corrected chi connectivity index (χ3v) is 4.33. The lowest BCUT2D eigenvalue weighted by Crippen LogP contribution is -2.44. The average Bonchev–Trinajstić information content (AvgIpc) is 2.95. The number of hydrogen-bond donors (Lipinski definition) is 1. The van der Waals surface area contributed by atoms with Crippen molar-refractivity contribution in [3.8, 4) is 5.75 Å². The number of halogens is 2. The van der Waals surface area contributed by atoms with E-state index in [0.29, 0.717) is 22.5 Å². The molecule has 0 saturated carbocycles. The van der Waals surface area contributed by atoms with E-state index in [2.05, 4.69) is 43.3 Å². The van der Waals surface area contributed by atoms with Crippen LogP contribution >= 0.6 is 27.5 Å². The minimum Gasteiger partial charge on any atom is -0.482 e. The highest BCUT2D eigenvalue weighted by atomic mass is 79.9. The van der Waals surface area contributed by atoms with E-state index in [-0.39, 0.29) is 12.6 Å². The number of hydrogen-bond acceptors (Lipinski definition) is 6. The van der Waals surface area contributed by atoms with E-state index in [1.54, 1.807) is 12.1 Å². The number of nitrogens with one attached hydrogen (secondary N) is 1. The first-order valence-electron chi connectivity index (χ1n) is 6.95. The molecule has 1 aromatic heterocycles. The van der Waals surface area contributed by atoms with Crippen LogP contribution in [0.3, 0.4) is 0 Å². The van der Waals surface area contributed by atoms with Crippen molar-refractivity contribution in [3.05, 3.63) is 39.4 Å². The van der Waals surface area contributed by atoms with Gasteiger partial charge in [0.15, 0.2) is 12.4 Å². The van der Waals surface area contributed by atoms with Crippen molar-refractivity contribution >= 4 is 27.5 Å². The van der Waals surface area contributed by atoms with Gasteiger partial charge in [0, 0.05) is 24.1 Å². The lowest BCUT2D eigenvalue weighted by Gasteiger charge is -2.30. The number of benzene rings is 1. The van der Waals surface area contributed by atoms with Crippen LogP contribution in [0.2, 0.25) is 5.02 Å². The maximum absolute atomic E-state index is 6.11. The second-order valence-corrected chi connectivity index (χ2v) is 6.43. The van der Waals surface area contributed by atoms with E-state index >= 15 is 0 Å². The summed E-state index contributed by atoms with van der Waals surface area (Å²) in [6, 6.07) is 5.56. The van der Waals surface area contributed by atoms with E-state index in [0.717, 1.165) is 24.1 Å². The van der Waals surface area contributed by atoms with Crippen molar-refractivity contribution in [1.82, 2.24) is 20.4 Å². The molecule has 8 heteroatoms. The fourth-order valence-electron chi connectivity index (χ4n) is 2.29. The van der Waals surface area contributed by atoms with Crippen LogP contribution in [-0.2, 0) is 6.61 Å². The van der Waals surface area contributed by atoms with Gasteiger partial charge >= 0.3 is 0 Å². The second-order valence-electron chi connectivity index (χ2n) is 5.11. The maximum Gasteiger partial charge on any atom is 0.264 e. The van der Waals surface area contributed by atoms with Crippen molar-refractivity contribution in [2.75, 3.05) is 26.7 Å². The van der Waals surface area contributed by atoms with Crippen LogP contribution in [0.15, 0.2) is 27.2 Å². The Hall–Kier alpha value is -1.15. The smallest absolute Gasteiger partial charge is 0.264 e. The van der Waals surface area contributed by atoms with Gasteiger partial charge in [-0.05, 0) is 25.2 Å². The first kappa shape index (κ1) is 15.7. The molecule has 1 aromatic carbocycles. The topological polar surface area (TPSA) is 63.4 Å². The van der Waals surface area contributed by atoms with Crippen LogP contribution in [-0.4, -0.2) is 41.7 Å². The highest BCUT2D eigenvalue weighted by Gasteiger charge is 2.25. The summed E-state index contributed by atoms with van der Waals surface area (Å²) in [5.74, 6) is 1.70. The number of ether oxygens (including phenoxy) is 1. The summed E-state index contributed by atoms with van der Waals surface area (Å²) >= 11 is 9.46. The van der Waals surface area contributed by atoms with Crippen LogP contribution in [0.5, 0.6) is 5.75 Å². The molecule has 0 aliphatic carbocycles. The van der Waals surface area contributed by atoms with Crippen LogP contribution in [0.25, 0.3) is 0 Å². The third-order valence-electron chi connectivity index (χ3n) is 3.54. The summed E-state index contributed by atoms with van der Waals surface area (Å²) in [5, 5.41) is 7.91. The number of piperazine rings is 1. The van der Waals surface area contributed by atoms with Gasteiger partial charge in [0.1, 0.15) is 5.75 Å². The molecule has 3 rings (SSSR count). The highest BCUT2D eigenvalue weighted by Crippen LogP contribution is 2.28. The quantitative estimate of drug-likeness (QED) is 0.870. The lowest BCUT2D eigenvalue weighted by atomic mass is 10.2. The van der Waals surface area contributed by atoms with E-state index in [9.17, 15) is 0 Å². The fourth-order valence-corrected chi connectivity index (χ4v) is 3.02. The van der Waals surface area contributed by atoms with Crippen LogP contribution in [0.1, 0.15) is 17.8 Å². The number of likely N-dealkylation sites (N-methyl/N-ethyl adjacent to an activating group) is 1. The molecule has 1 N–H and O–H groups in total. The normalized spacial score (nSPS) is 19.3. The molecular formula is C14H16BrClN4O2. The number of rotatable bonds is 4. The van der Waals surface area contributed by atoms with Crippen molar-refractivity contribution in [3.63, 3.8) is 0 Å². The molecule has 1 aliphatic rings. The van der Waals surface area contributed by atoms with Crippen LogP contribution < -0.4 is 10.1 Å². The summed E-state index contributed by atoms with van der Waals surface area (Å²) in [6.07, 6.45) is 0. The predicted octanol–water partition coefficient (Wildman–Crippen LogP) is 2.64. The van der Waals surface area contributed by atoms with Gasteiger partial charge in [-0.3, -0.25) is 4.90 Å². The van der Waals surface area contributed by atoms with E-state index in [1.165, 1.54) is 0 Å². The molecular weight excluding hydrogens is 372 g/mol. The molecule has 0 radical (unpaired) electrons. The van der Waals surface area contributed by atoms with Crippen molar-refractivity contribution in [2.24, 2.45) is 0 Å². The Kier molecular flexibility index (Phi) is 4.97. The molecule has 0 spiro atoms. The Labute approximate surface area is 141 Å². The van der Waals surface area contributed by atoms with Crippen LogP contribution in [0.4, 0.5) is 0 Å². The van der Waals surface area contributed by atoms with Gasteiger partial charge in [-0.2, -0.15) is 4.98 Å². The Morgan fingerprint density at radius 2 is 2.41 bits per heavy atom. The molecule has 2 aromatic rings. The third kappa shape index (κ3) is 3.60. The SMILES string of the molecule is CN1CCNCC1c1noc(COc2ccc(Br)cc2Cl)n1. The first-order valence-corrected chi connectivity index (χ1v) is 8.12.